The molecule has 3 N–H and O–H groups in total. The summed E-state index contributed by atoms with van der Waals surface area (Å²) in [6.07, 6.45) is 5.95. The van der Waals surface area contributed by atoms with Crippen LogP contribution in [-0.2, 0) is 7.05 Å². The van der Waals surface area contributed by atoms with Gasteiger partial charge >= 0.3 is 0 Å². The van der Waals surface area contributed by atoms with E-state index in [0.717, 1.165) is 19.3 Å². The number of hydrogen-bond donors (Lipinski definition) is 2. The van der Waals surface area contributed by atoms with Crippen molar-refractivity contribution in [2.45, 2.75) is 31.7 Å². The van der Waals surface area contributed by atoms with E-state index in [4.69, 9.17) is 5.73 Å². The Bertz CT molecular complexity index is 515. The number of halogens is 1. The summed E-state index contributed by atoms with van der Waals surface area (Å²) in [5.74, 6) is 0.173. The van der Waals surface area contributed by atoms with Crippen LogP contribution in [0.2, 0.25) is 0 Å². The fourth-order valence-corrected chi connectivity index (χ4v) is 2.62. The van der Waals surface area contributed by atoms with Crippen molar-refractivity contribution in [1.29, 1.82) is 0 Å². The fraction of sp³-hybridized carbons (Fsp3) is 0.571. The van der Waals surface area contributed by atoms with Crippen LogP contribution in [-0.4, -0.2) is 23.1 Å². The summed E-state index contributed by atoms with van der Waals surface area (Å²) in [6.45, 7) is 0.599. The van der Waals surface area contributed by atoms with Gasteiger partial charge in [-0.05, 0) is 31.4 Å². The van der Waals surface area contributed by atoms with Crippen LogP contribution in [0.4, 0.5) is 0 Å². The minimum absolute atomic E-state index is 0. The number of hydrogen-bond acceptors (Lipinski definition) is 3. The number of aryl methyl sites for hydroxylation is 1. The number of amides is 1. The van der Waals surface area contributed by atoms with Crippen LogP contribution in [0.1, 0.15) is 36.0 Å². The van der Waals surface area contributed by atoms with Gasteiger partial charge < -0.3 is 15.6 Å². The van der Waals surface area contributed by atoms with Crippen LogP contribution >= 0.6 is 12.4 Å². The number of nitrogens with zero attached hydrogens (tertiary/aromatic N) is 1. The zero-order chi connectivity index (χ0) is 13.8. The Morgan fingerprint density at radius 3 is 2.80 bits per heavy atom. The van der Waals surface area contributed by atoms with Gasteiger partial charge in [0.15, 0.2) is 0 Å². The van der Waals surface area contributed by atoms with E-state index in [1.807, 2.05) is 0 Å². The van der Waals surface area contributed by atoms with Crippen molar-refractivity contribution in [2.75, 3.05) is 6.54 Å². The largest absolute Gasteiger partial charge is 0.349 e. The smallest absolute Gasteiger partial charge is 0.251 e. The third-order valence-corrected chi connectivity index (χ3v) is 3.89. The van der Waals surface area contributed by atoms with Gasteiger partial charge in [0, 0.05) is 30.9 Å². The molecule has 1 aromatic rings. The molecule has 2 atom stereocenters. The molecule has 0 radical (unpaired) electrons. The highest BCUT2D eigenvalue weighted by molar-refractivity contribution is 5.94. The molecule has 0 aromatic carbocycles. The van der Waals surface area contributed by atoms with Crippen molar-refractivity contribution in [1.82, 2.24) is 9.88 Å². The van der Waals surface area contributed by atoms with Crippen LogP contribution in [0.25, 0.3) is 0 Å². The van der Waals surface area contributed by atoms with Gasteiger partial charge in [0.1, 0.15) is 0 Å². The van der Waals surface area contributed by atoms with Crippen molar-refractivity contribution in [3.63, 3.8) is 0 Å². The Balaban J connectivity index is 0.00000200. The maximum absolute atomic E-state index is 12.1. The number of nitrogens with one attached hydrogen (secondary N) is 1. The number of aromatic nitrogens is 1. The maximum atomic E-state index is 12.1. The summed E-state index contributed by atoms with van der Waals surface area (Å²) in [5, 5.41) is 3.02. The lowest BCUT2D eigenvalue weighted by atomic mass is 9.84. The van der Waals surface area contributed by atoms with Crippen molar-refractivity contribution < 1.29 is 4.79 Å². The van der Waals surface area contributed by atoms with Gasteiger partial charge in [0.05, 0.1) is 0 Å². The first-order valence-electron chi connectivity index (χ1n) is 6.79. The Hall–Kier alpha value is -1.33. The Morgan fingerprint density at radius 1 is 1.45 bits per heavy atom. The Kier molecular flexibility index (Phi) is 6.23. The molecule has 1 saturated carbocycles. The van der Waals surface area contributed by atoms with E-state index in [1.165, 1.54) is 17.1 Å². The first-order valence-corrected chi connectivity index (χ1v) is 6.79. The lowest BCUT2D eigenvalue weighted by molar-refractivity contribution is 0.0908. The van der Waals surface area contributed by atoms with Crippen LogP contribution in [0.3, 0.4) is 0 Å². The highest BCUT2D eigenvalue weighted by atomic mass is 35.5. The second kappa shape index (κ2) is 7.45. The summed E-state index contributed by atoms with van der Waals surface area (Å²) in [6, 6.07) is 3.17. The first-order chi connectivity index (χ1) is 9.11. The van der Waals surface area contributed by atoms with Crippen molar-refractivity contribution in [2.24, 2.45) is 18.7 Å². The summed E-state index contributed by atoms with van der Waals surface area (Å²) in [5.41, 5.74) is 5.99. The van der Waals surface area contributed by atoms with Crippen molar-refractivity contribution in [3.05, 3.63) is 34.2 Å². The van der Waals surface area contributed by atoms with E-state index in [-0.39, 0.29) is 29.9 Å². The summed E-state index contributed by atoms with van der Waals surface area (Å²) in [7, 11) is 1.66. The van der Waals surface area contributed by atoms with Gasteiger partial charge in [0.25, 0.3) is 11.5 Å². The minimum atomic E-state index is -0.178. The minimum Gasteiger partial charge on any atom is -0.349 e. The van der Waals surface area contributed by atoms with Gasteiger partial charge in [-0.3, -0.25) is 9.59 Å². The predicted octanol–water partition coefficient (Wildman–Crippen LogP) is 1.05. The maximum Gasteiger partial charge on any atom is 0.251 e. The van der Waals surface area contributed by atoms with Crippen LogP contribution in [0, 0.1) is 5.92 Å². The quantitative estimate of drug-likeness (QED) is 0.876. The van der Waals surface area contributed by atoms with Gasteiger partial charge in [0.2, 0.25) is 0 Å². The molecule has 1 aromatic heterocycles. The number of pyridine rings is 1. The highest BCUT2D eigenvalue weighted by Crippen LogP contribution is 2.23. The SMILES string of the molecule is Cl.Cn1ccc(C(=O)NC2CCCCC2CN)cc1=O. The molecule has 5 nitrogen and oxygen atoms in total. The van der Waals surface area contributed by atoms with Crippen LogP contribution in [0.15, 0.2) is 23.1 Å². The van der Waals surface area contributed by atoms with E-state index in [0.29, 0.717) is 18.0 Å². The molecule has 1 heterocycles. The van der Waals surface area contributed by atoms with E-state index >= 15 is 0 Å². The number of carbonyl (C=O) groups is 1. The van der Waals surface area contributed by atoms with Crippen molar-refractivity contribution in [3.8, 4) is 0 Å². The molecule has 1 aliphatic carbocycles. The average molecular weight is 300 g/mol. The molecule has 6 heteroatoms. The molecule has 1 aliphatic rings. The molecule has 0 aliphatic heterocycles. The van der Waals surface area contributed by atoms with Gasteiger partial charge in [-0.15, -0.1) is 12.4 Å². The molecule has 0 spiro atoms. The Labute approximate surface area is 125 Å². The third-order valence-electron chi connectivity index (χ3n) is 3.89. The monoisotopic (exact) mass is 299 g/mol. The second-order valence-corrected chi connectivity index (χ2v) is 5.22. The molecule has 1 amide bonds. The highest BCUT2D eigenvalue weighted by Gasteiger charge is 2.25. The molecule has 20 heavy (non-hydrogen) atoms. The topological polar surface area (TPSA) is 77.1 Å². The zero-order valence-corrected chi connectivity index (χ0v) is 12.5. The van der Waals surface area contributed by atoms with E-state index in [9.17, 15) is 9.59 Å². The third kappa shape index (κ3) is 3.84. The van der Waals surface area contributed by atoms with E-state index in [1.54, 1.807) is 19.3 Å². The molecular weight excluding hydrogens is 278 g/mol. The number of nitrogens with two attached hydrogens (primary N) is 1. The predicted molar refractivity (Wildman–Crippen MR) is 81.2 cm³/mol. The van der Waals surface area contributed by atoms with E-state index < -0.39 is 0 Å². The lowest BCUT2D eigenvalue weighted by Gasteiger charge is -2.31. The number of rotatable bonds is 3. The lowest BCUT2D eigenvalue weighted by Crippen LogP contribution is -2.44. The summed E-state index contributed by atoms with van der Waals surface area (Å²) < 4.78 is 1.44. The summed E-state index contributed by atoms with van der Waals surface area (Å²) >= 11 is 0. The molecular formula is C14H22ClN3O2. The fourth-order valence-electron chi connectivity index (χ4n) is 2.62. The zero-order valence-electron chi connectivity index (χ0n) is 11.7. The van der Waals surface area contributed by atoms with E-state index in [2.05, 4.69) is 5.32 Å². The van der Waals surface area contributed by atoms with Crippen molar-refractivity contribution >= 4 is 18.3 Å². The molecule has 2 unspecified atom stereocenters. The van der Waals surface area contributed by atoms with Gasteiger partial charge in [-0.1, -0.05) is 12.8 Å². The summed E-state index contributed by atoms with van der Waals surface area (Å²) in [4.78, 5) is 23.7. The number of carbonyl (C=O) groups excluding carboxylic acids is 1. The second-order valence-electron chi connectivity index (χ2n) is 5.22. The van der Waals surface area contributed by atoms with Gasteiger partial charge in [-0.2, -0.15) is 0 Å². The normalized spacial score (nSPS) is 21.9. The molecule has 2 rings (SSSR count). The van der Waals surface area contributed by atoms with Gasteiger partial charge in [-0.25, -0.2) is 0 Å². The standard InChI is InChI=1S/C14H21N3O2.ClH/c1-17-7-6-10(8-13(17)18)14(19)16-12-5-3-2-4-11(12)9-15;/h6-8,11-12H,2-5,9,15H2,1H3,(H,16,19);1H. The molecule has 1 fully saturated rings. The van der Waals surface area contributed by atoms with Crippen LogP contribution < -0.4 is 16.6 Å². The van der Waals surface area contributed by atoms with Crippen LogP contribution in [0.5, 0.6) is 0 Å². The molecule has 112 valence electrons. The average Bonchev–Trinajstić information content (AvgIpc) is 2.42. The Morgan fingerprint density at radius 2 is 2.15 bits per heavy atom. The molecule has 0 saturated heterocycles. The first kappa shape index (κ1) is 16.7. The molecule has 0 bridgehead atoms.